The van der Waals surface area contributed by atoms with Crippen molar-refractivity contribution in [3.8, 4) is 0 Å². The fraction of sp³-hybridized carbons (Fsp3) is 0.900. The van der Waals surface area contributed by atoms with Gasteiger partial charge >= 0.3 is 0 Å². The van der Waals surface area contributed by atoms with Crippen molar-refractivity contribution in [3.05, 3.63) is 0 Å². The number of hydrogen-bond donors (Lipinski definition) is 4. The van der Waals surface area contributed by atoms with Crippen molar-refractivity contribution in [3.63, 3.8) is 0 Å². The predicted molar refractivity (Wildman–Crippen MR) is 58.9 cm³/mol. The molecule has 0 radical (unpaired) electrons. The third kappa shape index (κ3) is 3.68. The summed E-state index contributed by atoms with van der Waals surface area (Å²) in [6, 6.07) is 0. The van der Waals surface area contributed by atoms with E-state index in [4.69, 9.17) is 10.9 Å². The van der Waals surface area contributed by atoms with Crippen LogP contribution >= 0.6 is 0 Å². The number of unbranched alkanes of at least 4 members (excludes halogenated alkanes) is 1. The van der Waals surface area contributed by atoms with Gasteiger partial charge in [0.05, 0.1) is 6.61 Å². The smallest absolute Gasteiger partial charge is 0.139 e. The van der Waals surface area contributed by atoms with Crippen molar-refractivity contribution in [2.24, 2.45) is 10.9 Å². The first-order valence-corrected chi connectivity index (χ1v) is 5.55. The maximum Gasteiger partial charge on any atom is 0.139 e. The lowest BCUT2D eigenvalue weighted by Crippen LogP contribution is -2.54. The average Bonchev–Trinajstić information content (AvgIpc) is 2.20. The molecule has 5 N–H and O–H groups in total. The molecule has 5 nitrogen and oxygen atoms in total. The molecule has 0 aromatic carbocycles. The van der Waals surface area contributed by atoms with E-state index < -0.39 is 0 Å². The Kier molecular flexibility index (Phi) is 4.84. The van der Waals surface area contributed by atoms with E-state index in [-0.39, 0.29) is 18.0 Å². The normalized spacial score (nSPS) is 19.9. The van der Waals surface area contributed by atoms with Crippen LogP contribution in [0, 0.1) is 0 Å². The molecule has 0 bridgehead atoms. The highest BCUT2D eigenvalue weighted by Crippen LogP contribution is 2.30. The van der Waals surface area contributed by atoms with E-state index in [0.717, 1.165) is 32.2 Å². The second-order valence-electron chi connectivity index (χ2n) is 4.27. The summed E-state index contributed by atoms with van der Waals surface area (Å²) in [6.07, 6.45) is 5.87. The molecule has 0 aliphatic heterocycles. The molecule has 0 atom stereocenters. The fourth-order valence-electron chi connectivity index (χ4n) is 1.83. The number of oxime groups is 1. The first-order valence-electron chi connectivity index (χ1n) is 5.55. The maximum atomic E-state index is 9.18. The molecule has 1 saturated carbocycles. The number of aliphatic hydroxyl groups is 1. The van der Waals surface area contributed by atoms with Crippen molar-refractivity contribution in [2.45, 2.75) is 44.1 Å². The highest BCUT2D eigenvalue weighted by molar-refractivity contribution is 5.79. The zero-order chi connectivity index (χ0) is 11.1. The zero-order valence-corrected chi connectivity index (χ0v) is 9.08. The SMILES string of the molecule is NC(CCCCNC1(CO)CCC1)=NO. The van der Waals surface area contributed by atoms with Gasteiger partial charge in [-0.3, -0.25) is 0 Å². The predicted octanol–water partition coefficient (Wildman–Crippen LogP) is 0.408. The van der Waals surface area contributed by atoms with Crippen molar-refractivity contribution in [1.82, 2.24) is 5.32 Å². The van der Waals surface area contributed by atoms with Crippen molar-refractivity contribution < 1.29 is 10.3 Å². The third-order valence-corrected chi connectivity index (χ3v) is 3.10. The molecule has 0 aromatic rings. The molecular weight excluding hydrogens is 194 g/mol. The monoisotopic (exact) mass is 215 g/mol. The molecule has 5 heteroatoms. The van der Waals surface area contributed by atoms with Gasteiger partial charge in [-0.1, -0.05) is 5.16 Å². The topological polar surface area (TPSA) is 90.9 Å². The molecule has 15 heavy (non-hydrogen) atoms. The molecule has 1 aliphatic carbocycles. The number of aliphatic hydroxyl groups excluding tert-OH is 1. The summed E-state index contributed by atoms with van der Waals surface area (Å²) in [5, 5.41) is 23.8. The molecule has 0 heterocycles. The molecule has 0 saturated heterocycles. The van der Waals surface area contributed by atoms with Crippen LogP contribution < -0.4 is 11.1 Å². The van der Waals surface area contributed by atoms with Gasteiger partial charge in [-0.15, -0.1) is 0 Å². The Morgan fingerprint density at radius 1 is 1.40 bits per heavy atom. The Bertz CT molecular complexity index is 209. The summed E-state index contributed by atoms with van der Waals surface area (Å²) in [4.78, 5) is 0. The first-order chi connectivity index (χ1) is 7.22. The second kappa shape index (κ2) is 5.92. The summed E-state index contributed by atoms with van der Waals surface area (Å²) in [6.45, 7) is 1.12. The summed E-state index contributed by atoms with van der Waals surface area (Å²) < 4.78 is 0. The van der Waals surface area contributed by atoms with Crippen LogP contribution in [0.4, 0.5) is 0 Å². The van der Waals surface area contributed by atoms with E-state index in [1.54, 1.807) is 0 Å². The van der Waals surface area contributed by atoms with Crippen LogP contribution in [0.5, 0.6) is 0 Å². The molecular formula is C10H21N3O2. The van der Waals surface area contributed by atoms with E-state index in [2.05, 4.69) is 10.5 Å². The van der Waals surface area contributed by atoms with Gasteiger partial charge in [0.15, 0.2) is 0 Å². The van der Waals surface area contributed by atoms with E-state index in [9.17, 15) is 5.11 Å². The number of nitrogens with zero attached hydrogens (tertiary/aromatic N) is 1. The van der Waals surface area contributed by atoms with E-state index >= 15 is 0 Å². The second-order valence-corrected chi connectivity index (χ2v) is 4.27. The Hall–Kier alpha value is -0.810. The third-order valence-electron chi connectivity index (χ3n) is 3.10. The van der Waals surface area contributed by atoms with Gasteiger partial charge in [0.1, 0.15) is 5.84 Å². The van der Waals surface area contributed by atoms with Crippen molar-refractivity contribution in [1.29, 1.82) is 0 Å². The van der Waals surface area contributed by atoms with Gasteiger partial charge in [-0.25, -0.2) is 0 Å². The quantitative estimate of drug-likeness (QED) is 0.163. The van der Waals surface area contributed by atoms with E-state index in [0.29, 0.717) is 6.42 Å². The number of amidine groups is 1. The molecule has 1 fully saturated rings. The standard InChI is InChI=1S/C10H21N3O2/c11-9(13-15)4-1-2-7-12-10(8-14)5-3-6-10/h12,14-15H,1-8H2,(H2,11,13). The minimum Gasteiger partial charge on any atom is -0.409 e. The first kappa shape index (κ1) is 12.3. The average molecular weight is 215 g/mol. The van der Waals surface area contributed by atoms with Crippen molar-refractivity contribution in [2.75, 3.05) is 13.2 Å². The number of hydrogen-bond acceptors (Lipinski definition) is 4. The lowest BCUT2D eigenvalue weighted by molar-refractivity contribution is 0.0887. The zero-order valence-electron chi connectivity index (χ0n) is 9.08. The summed E-state index contributed by atoms with van der Waals surface area (Å²) in [5.74, 6) is 0.288. The van der Waals surface area contributed by atoms with Crippen LogP contribution in [0.3, 0.4) is 0 Å². The Morgan fingerprint density at radius 2 is 2.13 bits per heavy atom. The molecule has 0 aromatic heterocycles. The number of rotatable bonds is 7. The fourth-order valence-corrected chi connectivity index (χ4v) is 1.83. The van der Waals surface area contributed by atoms with Gasteiger partial charge in [0, 0.05) is 12.0 Å². The largest absolute Gasteiger partial charge is 0.409 e. The molecule has 0 unspecified atom stereocenters. The van der Waals surface area contributed by atoms with Gasteiger partial charge in [0.2, 0.25) is 0 Å². The highest BCUT2D eigenvalue weighted by Gasteiger charge is 2.35. The molecule has 88 valence electrons. The van der Waals surface area contributed by atoms with E-state index in [1.807, 2.05) is 0 Å². The van der Waals surface area contributed by atoms with Crippen LogP contribution in [0.2, 0.25) is 0 Å². The summed E-state index contributed by atoms with van der Waals surface area (Å²) in [7, 11) is 0. The highest BCUT2D eigenvalue weighted by atomic mass is 16.4. The molecule has 1 aliphatic rings. The molecule has 0 amide bonds. The summed E-state index contributed by atoms with van der Waals surface area (Å²) in [5.41, 5.74) is 5.34. The van der Waals surface area contributed by atoms with Crippen LogP contribution in [-0.4, -0.2) is 34.8 Å². The van der Waals surface area contributed by atoms with Crippen LogP contribution in [-0.2, 0) is 0 Å². The van der Waals surface area contributed by atoms with Crippen molar-refractivity contribution >= 4 is 5.84 Å². The Morgan fingerprint density at radius 3 is 2.60 bits per heavy atom. The molecule has 1 rings (SSSR count). The van der Waals surface area contributed by atoms with Gasteiger partial charge < -0.3 is 21.4 Å². The minimum absolute atomic E-state index is 0.00336. The van der Waals surface area contributed by atoms with Gasteiger partial charge in [-0.05, 0) is 38.6 Å². The lowest BCUT2D eigenvalue weighted by atomic mass is 9.77. The minimum atomic E-state index is -0.00336. The summed E-state index contributed by atoms with van der Waals surface area (Å²) >= 11 is 0. The van der Waals surface area contributed by atoms with Gasteiger partial charge in [0.25, 0.3) is 0 Å². The van der Waals surface area contributed by atoms with Crippen LogP contribution in [0.25, 0.3) is 0 Å². The van der Waals surface area contributed by atoms with Gasteiger partial charge in [-0.2, -0.15) is 0 Å². The van der Waals surface area contributed by atoms with E-state index in [1.165, 1.54) is 6.42 Å². The Labute approximate surface area is 90.3 Å². The van der Waals surface area contributed by atoms with Crippen LogP contribution in [0.15, 0.2) is 5.16 Å². The lowest BCUT2D eigenvalue weighted by Gasteiger charge is -2.41. The van der Waals surface area contributed by atoms with Crippen LogP contribution in [0.1, 0.15) is 38.5 Å². The molecule has 0 spiro atoms. The number of nitrogens with two attached hydrogens (primary N) is 1. The maximum absolute atomic E-state index is 9.18. The number of nitrogens with one attached hydrogen (secondary N) is 1. The Balaban J connectivity index is 2.01.